The average molecular weight is 436 g/mol. The highest BCUT2D eigenvalue weighted by molar-refractivity contribution is 5.68. The van der Waals surface area contributed by atoms with Crippen molar-refractivity contribution in [3.63, 3.8) is 0 Å². The first-order chi connectivity index (χ1) is 14.4. The Labute approximate surface area is 181 Å². The van der Waals surface area contributed by atoms with Crippen LogP contribution in [-0.2, 0) is 16.9 Å². The summed E-state index contributed by atoms with van der Waals surface area (Å²) < 4.78 is 35.7. The first kappa shape index (κ1) is 23.2. The standard InChI is InChI=1S/C23H31F2N3O3/c1-6-23(5,30)18-12-26-20-17(27-21(29)31-22(2,3)4)11-10-14(13-28(18)20)15-8-7-9-16(24)19(15)25/h7-9,12,14,17,30H,6,10-11,13H2,1-5H3,(H,27,29)/t14-,17-,23?/m1/s1. The van der Waals surface area contributed by atoms with Gasteiger partial charge in [-0.15, -0.1) is 0 Å². The molecule has 3 rings (SSSR count). The second-order valence-corrected chi connectivity index (χ2v) is 9.36. The molecule has 1 unspecified atom stereocenters. The normalized spacial score (nSPS) is 21.0. The van der Waals surface area contributed by atoms with Crippen LogP contribution in [0.15, 0.2) is 24.4 Å². The van der Waals surface area contributed by atoms with E-state index >= 15 is 0 Å². The number of fused-ring (bicyclic) bond motifs is 1. The molecule has 1 aliphatic heterocycles. The molecule has 1 amide bonds. The number of imidazole rings is 1. The topological polar surface area (TPSA) is 76.4 Å². The second-order valence-electron chi connectivity index (χ2n) is 9.36. The van der Waals surface area contributed by atoms with Crippen molar-refractivity contribution < 1.29 is 23.4 Å². The number of aliphatic hydroxyl groups is 1. The molecular formula is C23H31F2N3O3. The van der Waals surface area contributed by atoms with Crippen LogP contribution < -0.4 is 5.32 Å². The largest absolute Gasteiger partial charge is 0.444 e. The Morgan fingerprint density at radius 1 is 1.29 bits per heavy atom. The molecule has 2 heterocycles. The maximum Gasteiger partial charge on any atom is 0.408 e. The van der Waals surface area contributed by atoms with Crippen molar-refractivity contribution >= 4 is 6.09 Å². The Hall–Kier alpha value is -2.48. The van der Waals surface area contributed by atoms with Crippen LogP contribution in [0.5, 0.6) is 0 Å². The van der Waals surface area contributed by atoms with E-state index in [0.29, 0.717) is 37.3 Å². The Bertz CT molecular complexity index is 950. The predicted molar refractivity (Wildman–Crippen MR) is 113 cm³/mol. The van der Waals surface area contributed by atoms with Crippen molar-refractivity contribution in [3.05, 3.63) is 53.1 Å². The number of ether oxygens (including phenoxy) is 1. The van der Waals surface area contributed by atoms with Crippen LogP contribution in [0.25, 0.3) is 0 Å². The minimum atomic E-state index is -1.16. The van der Waals surface area contributed by atoms with Crippen molar-refractivity contribution in [2.24, 2.45) is 0 Å². The second kappa shape index (κ2) is 8.57. The van der Waals surface area contributed by atoms with E-state index in [1.807, 2.05) is 11.5 Å². The smallest absolute Gasteiger partial charge is 0.408 e. The zero-order valence-corrected chi connectivity index (χ0v) is 18.7. The summed E-state index contributed by atoms with van der Waals surface area (Å²) in [6.07, 6.45) is 2.42. The number of hydrogen-bond acceptors (Lipinski definition) is 4. The van der Waals surface area contributed by atoms with Gasteiger partial charge in [-0.2, -0.15) is 0 Å². The lowest BCUT2D eigenvalue weighted by atomic mass is 9.92. The van der Waals surface area contributed by atoms with Gasteiger partial charge in [-0.05, 0) is 58.6 Å². The van der Waals surface area contributed by atoms with Crippen molar-refractivity contribution in [1.29, 1.82) is 0 Å². The molecule has 0 saturated carbocycles. The molecule has 2 aromatic rings. The summed E-state index contributed by atoms with van der Waals surface area (Å²) >= 11 is 0. The monoisotopic (exact) mass is 435 g/mol. The van der Waals surface area contributed by atoms with Gasteiger partial charge in [-0.3, -0.25) is 0 Å². The Morgan fingerprint density at radius 3 is 2.65 bits per heavy atom. The van der Waals surface area contributed by atoms with Gasteiger partial charge in [0.1, 0.15) is 17.0 Å². The van der Waals surface area contributed by atoms with Crippen LogP contribution >= 0.6 is 0 Å². The number of aromatic nitrogens is 2. The first-order valence-electron chi connectivity index (χ1n) is 10.6. The molecule has 0 aliphatic carbocycles. The minimum absolute atomic E-state index is 0.277. The van der Waals surface area contributed by atoms with E-state index in [4.69, 9.17) is 4.74 Å². The van der Waals surface area contributed by atoms with Gasteiger partial charge >= 0.3 is 6.09 Å². The van der Waals surface area contributed by atoms with Crippen LogP contribution in [-0.4, -0.2) is 26.4 Å². The number of carbonyl (C=O) groups is 1. The van der Waals surface area contributed by atoms with Crippen molar-refractivity contribution in [3.8, 4) is 0 Å². The van der Waals surface area contributed by atoms with E-state index in [2.05, 4.69) is 10.3 Å². The fourth-order valence-electron chi connectivity index (χ4n) is 3.96. The lowest BCUT2D eigenvalue weighted by Crippen LogP contribution is -2.36. The van der Waals surface area contributed by atoms with E-state index < -0.39 is 35.0 Å². The molecule has 1 aromatic heterocycles. The Balaban J connectivity index is 2.00. The number of halogens is 2. The van der Waals surface area contributed by atoms with Crippen molar-refractivity contribution in [1.82, 2.24) is 14.9 Å². The van der Waals surface area contributed by atoms with Gasteiger partial charge in [0, 0.05) is 12.5 Å². The molecule has 0 spiro atoms. The number of nitrogens with zero attached hydrogens (tertiary/aromatic N) is 2. The minimum Gasteiger partial charge on any atom is -0.444 e. The van der Waals surface area contributed by atoms with E-state index in [9.17, 15) is 18.7 Å². The first-order valence-corrected chi connectivity index (χ1v) is 10.6. The summed E-state index contributed by atoms with van der Waals surface area (Å²) in [7, 11) is 0. The lowest BCUT2D eigenvalue weighted by molar-refractivity contribution is 0.0440. The predicted octanol–water partition coefficient (Wildman–Crippen LogP) is 4.92. The fraction of sp³-hybridized carbons (Fsp3) is 0.565. The van der Waals surface area contributed by atoms with E-state index in [1.165, 1.54) is 6.07 Å². The number of benzene rings is 1. The number of rotatable bonds is 4. The lowest BCUT2D eigenvalue weighted by Gasteiger charge is -2.26. The van der Waals surface area contributed by atoms with Gasteiger partial charge in [0.05, 0.1) is 17.9 Å². The van der Waals surface area contributed by atoms with Crippen LogP contribution in [0.2, 0.25) is 0 Å². The quantitative estimate of drug-likeness (QED) is 0.715. The molecule has 170 valence electrons. The molecule has 1 aliphatic rings. The highest BCUT2D eigenvalue weighted by atomic mass is 19.2. The third-order valence-electron chi connectivity index (χ3n) is 5.76. The molecule has 31 heavy (non-hydrogen) atoms. The van der Waals surface area contributed by atoms with Gasteiger partial charge in [-0.25, -0.2) is 18.6 Å². The van der Waals surface area contributed by atoms with Gasteiger partial charge in [0.2, 0.25) is 0 Å². The molecule has 6 nitrogen and oxygen atoms in total. The van der Waals surface area contributed by atoms with Gasteiger partial charge in [-0.1, -0.05) is 19.1 Å². The summed E-state index contributed by atoms with van der Waals surface area (Å²) in [5.41, 5.74) is -0.963. The van der Waals surface area contributed by atoms with E-state index in [-0.39, 0.29) is 11.5 Å². The molecule has 0 fully saturated rings. The Kier molecular flexibility index (Phi) is 6.41. The van der Waals surface area contributed by atoms with Crippen LogP contribution in [0, 0.1) is 11.6 Å². The van der Waals surface area contributed by atoms with Crippen molar-refractivity contribution in [2.45, 2.75) is 83.6 Å². The number of hydrogen-bond donors (Lipinski definition) is 2. The van der Waals surface area contributed by atoms with Gasteiger partial charge in [0.25, 0.3) is 0 Å². The molecule has 1 aromatic carbocycles. The third-order valence-corrected chi connectivity index (χ3v) is 5.76. The number of nitrogens with one attached hydrogen (secondary N) is 1. The molecular weight excluding hydrogens is 404 g/mol. The number of carbonyl (C=O) groups excluding carboxylic acids is 1. The number of amides is 1. The zero-order valence-electron chi connectivity index (χ0n) is 18.7. The molecule has 3 atom stereocenters. The number of alkyl carbamates (subject to hydrolysis) is 1. The SMILES string of the molecule is CCC(C)(O)c1cnc2n1C[C@H](c1cccc(F)c1F)CC[C@H]2NC(=O)OC(C)(C)C. The molecule has 0 saturated heterocycles. The summed E-state index contributed by atoms with van der Waals surface area (Å²) in [6.45, 7) is 9.19. The summed E-state index contributed by atoms with van der Waals surface area (Å²) in [5.74, 6) is -1.54. The van der Waals surface area contributed by atoms with Gasteiger partial charge in [0.15, 0.2) is 11.6 Å². The maximum atomic E-state index is 14.6. The van der Waals surface area contributed by atoms with Crippen LogP contribution in [0.3, 0.4) is 0 Å². The van der Waals surface area contributed by atoms with Crippen LogP contribution in [0.1, 0.15) is 82.9 Å². The highest BCUT2D eigenvalue weighted by Gasteiger charge is 2.35. The molecule has 8 heteroatoms. The van der Waals surface area contributed by atoms with Crippen molar-refractivity contribution in [2.75, 3.05) is 0 Å². The zero-order chi connectivity index (χ0) is 23.0. The maximum absolute atomic E-state index is 14.6. The fourth-order valence-corrected chi connectivity index (χ4v) is 3.96. The van der Waals surface area contributed by atoms with E-state index in [0.717, 1.165) is 6.07 Å². The summed E-state index contributed by atoms with van der Waals surface area (Å²) in [4.78, 5) is 16.9. The summed E-state index contributed by atoms with van der Waals surface area (Å²) in [6, 6.07) is 3.68. The highest BCUT2D eigenvalue weighted by Crippen LogP contribution is 2.37. The average Bonchev–Trinajstić information content (AvgIpc) is 3.01. The van der Waals surface area contributed by atoms with Gasteiger partial charge < -0.3 is 19.7 Å². The third kappa shape index (κ3) is 5.06. The Morgan fingerprint density at radius 2 is 2.00 bits per heavy atom. The van der Waals surface area contributed by atoms with E-state index in [1.54, 1.807) is 40.0 Å². The molecule has 0 radical (unpaired) electrons. The molecule has 2 N–H and O–H groups in total. The summed E-state index contributed by atoms with van der Waals surface area (Å²) in [5, 5.41) is 13.8. The molecule has 0 bridgehead atoms. The van der Waals surface area contributed by atoms with Crippen LogP contribution in [0.4, 0.5) is 13.6 Å².